The van der Waals surface area contributed by atoms with Crippen molar-refractivity contribution in [3.63, 3.8) is 0 Å². The number of aromatic nitrogens is 2. The number of oxazole rings is 1. The molecule has 0 radical (unpaired) electrons. The Labute approximate surface area is 194 Å². The normalized spacial score (nSPS) is 16.2. The van der Waals surface area contributed by atoms with Crippen LogP contribution in [0.15, 0.2) is 52.3 Å². The summed E-state index contributed by atoms with van der Waals surface area (Å²) >= 11 is 1.61. The van der Waals surface area contributed by atoms with Crippen LogP contribution in [0, 0.1) is 11.3 Å². The van der Waals surface area contributed by atoms with Crippen molar-refractivity contribution in [3.05, 3.63) is 65.0 Å². The summed E-state index contributed by atoms with van der Waals surface area (Å²) in [6.45, 7) is 2.29. The van der Waals surface area contributed by atoms with E-state index in [1.54, 1.807) is 11.3 Å². The molecule has 1 saturated carbocycles. The minimum atomic E-state index is 0.00259. The molecular formula is C25H21N5O2S. The van der Waals surface area contributed by atoms with Gasteiger partial charge in [-0.2, -0.15) is 5.26 Å². The molecule has 1 aliphatic heterocycles. The van der Waals surface area contributed by atoms with Crippen molar-refractivity contribution in [1.29, 1.82) is 5.26 Å². The van der Waals surface area contributed by atoms with Gasteiger partial charge in [0.05, 0.1) is 21.7 Å². The zero-order valence-corrected chi connectivity index (χ0v) is 18.7. The van der Waals surface area contributed by atoms with Crippen LogP contribution in [-0.4, -0.2) is 47.0 Å². The third-order valence-electron chi connectivity index (χ3n) is 6.23. The van der Waals surface area contributed by atoms with Crippen LogP contribution in [0.25, 0.3) is 21.5 Å². The monoisotopic (exact) mass is 455 g/mol. The molecule has 0 bridgehead atoms. The van der Waals surface area contributed by atoms with Gasteiger partial charge in [0.1, 0.15) is 6.07 Å². The van der Waals surface area contributed by atoms with Gasteiger partial charge in [-0.3, -0.25) is 4.79 Å². The Bertz CT molecular complexity index is 1380. The Balaban J connectivity index is 1.26. The van der Waals surface area contributed by atoms with Gasteiger partial charge in [-0.05, 0) is 36.4 Å². The molecule has 2 fully saturated rings. The molecular weight excluding hydrogens is 434 g/mol. The summed E-state index contributed by atoms with van der Waals surface area (Å²) in [5.74, 6) is 1.57. The van der Waals surface area contributed by atoms with Crippen LogP contribution in [0.4, 0.5) is 5.88 Å². The fourth-order valence-electron chi connectivity index (χ4n) is 4.31. The Morgan fingerprint density at radius 2 is 1.91 bits per heavy atom. The van der Waals surface area contributed by atoms with Crippen molar-refractivity contribution in [2.45, 2.75) is 18.8 Å². The van der Waals surface area contributed by atoms with Crippen LogP contribution in [0.2, 0.25) is 0 Å². The van der Waals surface area contributed by atoms with Crippen LogP contribution in [0.1, 0.15) is 40.7 Å². The minimum Gasteiger partial charge on any atom is -0.423 e. The van der Waals surface area contributed by atoms with Crippen molar-refractivity contribution < 1.29 is 9.21 Å². The number of piperazine rings is 1. The number of thiophene rings is 1. The third-order valence-corrected chi connectivity index (χ3v) is 7.12. The maximum absolute atomic E-state index is 13.6. The van der Waals surface area contributed by atoms with E-state index in [2.05, 4.69) is 11.1 Å². The highest BCUT2D eigenvalue weighted by molar-refractivity contribution is 7.13. The Morgan fingerprint density at radius 1 is 1.09 bits per heavy atom. The summed E-state index contributed by atoms with van der Waals surface area (Å²) in [5.41, 5.74) is 2.65. The number of amides is 1. The number of carbonyl (C=O) groups excluding carboxylic acids is 1. The van der Waals surface area contributed by atoms with Crippen LogP contribution in [-0.2, 0) is 0 Å². The second-order valence-electron chi connectivity index (χ2n) is 8.42. The molecule has 6 rings (SSSR count). The fourth-order valence-corrected chi connectivity index (χ4v) is 4.99. The molecule has 164 valence electrons. The molecule has 7 nitrogen and oxygen atoms in total. The SMILES string of the molecule is N#Cc1nc(C2CC2)oc1N1CCN(C(=O)c2cc(-c3cccs3)nc3ccccc23)CC1. The summed E-state index contributed by atoms with van der Waals surface area (Å²) in [6, 6.07) is 15.9. The van der Waals surface area contributed by atoms with E-state index < -0.39 is 0 Å². The van der Waals surface area contributed by atoms with Crippen LogP contribution in [0.5, 0.6) is 0 Å². The van der Waals surface area contributed by atoms with E-state index in [0.717, 1.165) is 34.3 Å². The first kappa shape index (κ1) is 19.9. The Kier molecular flexibility index (Phi) is 4.84. The highest BCUT2D eigenvalue weighted by Gasteiger charge is 2.33. The Hall–Kier alpha value is -3.70. The summed E-state index contributed by atoms with van der Waals surface area (Å²) in [5, 5.41) is 12.4. The lowest BCUT2D eigenvalue weighted by Gasteiger charge is -2.34. The van der Waals surface area contributed by atoms with Crippen LogP contribution < -0.4 is 4.90 Å². The van der Waals surface area contributed by atoms with Crippen molar-refractivity contribution >= 4 is 34.0 Å². The van der Waals surface area contributed by atoms with E-state index in [-0.39, 0.29) is 5.91 Å². The van der Waals surface area contributed by atoms with E-state index in [9.17, 15) is 10.1 Å². The maximum Gasteiger partial charge on any atom is 0.254 e. The zero-order chi connectivity index (χ0) is 22.4. The smallest absolute Gasteiger partial charge is 0.254 e. The first-order chi connectivity index (χ1) is 16.2. The lowest BCUT2D eigenvalue weighted by atomic mass is 10.1. The van der Waals surface area contributed by atoms with Gasteiger partial charge in [0.15, 0.2) is 0 Å². The van der Waals surface area contributed by atoms with Gasteiger partial charge in [-0.15, -0.1) is 11.3 Å². The third kappa shape index (κ3) is 3.64. The first-order valence-corrected chi connectivity index (χ1v) is 12.0. The van der Waals surface area contributed by atoms with E-state index in [0.29, 0.717) is 55.1 Å². The molecule has 1 aliphatic carbocycles. The number of rotatable bonds is 4. The van der Waals surface area contributed by atoms with E-state index in [1.807, 2.05) is 57.6 Å². The number of nitriles is 1. The predicted molar refractivity (Wildman–Crippen MR) is 126 cm³/mol. The molecule has 8 heteroatoms. The standard InChI is InChI=1S/C25H21N5O2S/c26-15-21-25(32-23(28-21)16-7-8-16)30-11-9-29(10-12-30)24(31)18-14-20(22-6-3-13-33-22)27-19-5-2-1-4-17(18)19/h1-6,13-14,16H,7-12H2. The molecule has 0 unspecified atom stereocenters. The summed E-state index contributed by atoms with van der Waals surface area (Å²) in [4.78, 5) is 27.7. The number of hydrogen-bond acceptors (Lipinski definition) is 7. The second kappa shape index (κ2) is 8.01. The first-order valence-electron chi connectivity index (χ1n) is 11.1. The topological polar surface area (TPSA) is 86.3 Å². The zero-order valence-electron chi connectivity index (χ0n) is 17.9. The highest BCUT2D eigenvalue weighted by atomic mass is 32.1. The number of pyridine rings is 1. The molecule has 0 N–H and O–H groups in total. The van der Waals surface area contributed by atoms with Crippen molar-refractivity contribution in [2.75, 3.05) is 31.1 Å². The molecule has 2 aliphatic rings. The number of fused-ring (bicyclic) bond motifs is 1. The minimum absolute atomic E-state index is 0.00259. The van der Waals surface area contributed by atoms with E-state index in [1.165, 1.54) is 0 Å². The second-order valence-corrected chi connectivity index (χ2v) is 9.37. The average molecular weight is 456 g/mol. The van der Waals surface area contributed by atoms with Crippen molar-refractivity contribution in [1.82, 2.24) is 14.9 Å². The van der Waals surface area contributed by atoms with Gasteiger partial charge in [0, 0.05) is 37.5 Å². The molecule has 0 spiro atoms. The molecule has 1 saturated heterocycles. The van der Waals surface area contributed by atoms with Gasteiger partial charge < -0.3 is 14.2 Å². The summed E-state index contributed by atoms with van der Waals surface area (Å²) < 4.78 is 5.95. The maximum atomic E-state index is 13.6. The quantitative estimate of drug-likeness (QED) is 0.445. The molecule has 1 amide bonds. The van der Waals surface area contributed by atoms with Crippen LogP contribution in [0.3, 0.4) is 0 Å². The number of carbonyl (C=O) groups is 1. The average Bonchev–Trinajstić information content (AvgIpc) is 3.39. The van der Waals surface area contributed by atoms with Crippen LogP contribution >= 0.6 is 11.3 Å². The molecule has 3 aromatic heterocycles. The number of hydrogen-bond donors (Lipinski definition) is 0. The predicted octanol–water partition coefficient (Wildman–Crippen LogP) is 4.66. The van der Waals surface area contributed by atoms with Crippen molar-refractivity contribution in [2.24, 2.45) is 0 Å². The lowest BCUT2D eigenvalue weighted by Crippen LogP contribution is -2.49. The number of nitrogens with zero attached hydrogens (tertiary/aromatic N) is 5. The molecule has 0 atom stereocenters. The number of benzene rings is 1. The summed E-state index contributed by atoms with van der Waals surface area (Å²) in [6.07, 6.45) is 2.14. The van der Waals surface area contributed by atoms with Gasteiger partial charge in [-0.1, -0.05) is 24.3 Å². The van der Waals surface area contributed by atoms with Gasteiger partial charge >= 0.3 is 0 Å². The highest BCUT2D eigenvalue weighted by Crippen LogP contribution is 2.41. The number of para-hydroxylation sites is 1. The largest absolute Gasteiger partial charge is 0.423 e. The Morgan fingerprint density at radius 3 is 2.64 bits per heavy atom. The molecule has 4 heterocycles. The molecule has 1 aromatic carbocycles. The van der Waals surface area contributed by atoms with Crippen molar-refractivity contribution in [3.8, 4) is 16.6 Å². The lowest BCUT2D eigenvalue weighted by molar-refractivity contribution is 0.0747. The van der Waals surface area contributed by atoms with E-state index in [4.69, 9.17) is 9.40 Å². The molecule has 33 heavy (non-hydrogen) atoms. The summed E-state index contributed by atoms with van der Waals surface area (Å²) in [7, 11) is 0. The number of anilines is 1. The van der Waals surface area contributed by atoms with Gasteiger partial charge in [-0.25, -0.2) is 9.97 Å². The van der Waals surface area contributed by atoms with Gasteiger partial charge in [0.25, 0.3) is 5.91 Å². The van der Waals surface area contributed by atoms with E-state index >= 15 is 0 Å². The molecule has 4 aromatic rings. The fraction of sp³-hybridized carbons (Fsp3) is 0.280. The van der Waals surface area contributed by atoms with Gasteiger partial charge in [0.2, 0.25) is 17.5 Å².